The van der Waals surface area contributed by atoms with E-state index in [2.05, 4.69) is 15.0 Å². The first-order chi connectivity index (χ1) is 18.1. The summed E-state index contributed by atoms with van der Waals surface area (Å²) in [6.45, 7) is 0.243. The van der Waals surface area contributed by atoms with E-state index in [9.17, 15) is 23.6 Å². The monoisotopic (exact) mass is 554 g/mol. The van der Waals surface area contributed by atoms with Crippen LogP contribution in [0.3, 0.4) is 0 Å². The van der Waals surface area contributed by atoms with Crippen LogP contribution >= 0.6 is 11.6 Å². The average molecular weight is 555 g/mol. The van der Waals surface area contributed by atoms with Crippen molar-refractivity contribution < 1.29 is 22.7 Å². The van der Waals surface area contributed by atoms with Gasteiger partial charge in [-0.05, 0) is 11.5 Å². The van der Waals surface area contributed by atoms with Crippen molar-refractivity contribution in [2.75, 3.05) is 30.8 Å². The summed E-state index contributed by atoms with van der Waals surface area (Å²) in [6.07, 6.45) is 1.04. The molecule has 1 amide bonds. The number of piperazine rings is 1. The lowest BCUT2D eigenvalue weighted by Crippen LogP contribution is -2.55. The van der Waals surface area contributed by atoms with Gasteiger partial charge in [-0.2, -0.15) is 5.26 Å². The van der Waals surface area contributed by atoms with Crippen LogP contribution in [-0.4, -0.2) is 71.4 Å². The SMILES string of the molecule is CS(=O)(=O)c1nc(N2CCN(C(=O)O)C(CC#N)C2)c2cnc(-c3cccc4cccc(Cl)c34)c(F)c2n1. The lowest BCUT2D eigenvalue weighted by atomic mass is 10.0. The lowest BCUT2D eigenvalue weighted by molar-refractivity contribution is 0.119. The van der Waals surface area contributed by atoms with E-state index in [4.69, 9.17) is 11.6 Å². The van der Waals surface area contributed by atoms with E-state index < -0.39 is 32.9 Å². The number of hydrogen-bond acceptors (Lipinski definition) is 8. The molecule has 1 aliphatic heterocycles. The van der Waals surface area contributed by atoms with Crippen molar-refractivity contribution >= 4 is 55.0 Å². The van der Waals surface area contributed by atoms with Crippen LogP contribution < -0.4 is 4.90 Å². The third-order valence-corrected chi connectivity index (χ3v) is 7.60. The Hall–Kier alpha value is -4.08. The molecule has 0 aliphatic carbocycles. The van der Waals surface area contributed by atoms with Crippen LogP contribution in [0.4, 0.5) is 15.0 Å². The van der Waals surface area contributed by atoms with Crippen LogP contribution in [0.1, 0.15) is 6.42 Å². The zero-order valence-electron chi connectivity index (χ0n) is 20.0. The van der Waals surface area contributed by atoms with Gasteiger partial charge in [-0.1, -0.05) is 41.9 Å². The van der Waals surface area contributed by atoms with Crippen molar-refractivity contribution in [3.63, 3.8) is 0 Å². The van der Waals surface area contributed by atoms with Gasteiger partial charge in [0.15, 0.2) is 5.82 Å². The molecule has 5 rings (SSSR count). The summed E-state index contributed by atoms with van der Waals surface area (Å²) < 4.78 is 41.1. The van der Waals surface area contributed by atoms with Crippen molar-refractivity contribution in [2.45, 2.75) is 17.6 Å². The molecule has 0 radical (unpaired) electrons. The van der Waals surface area contributed by atoms with Gasteiger partial charge in [0.2, 0.25) is 15.0 Å². The Labute approximate surface area is 221 Å². The highest BCUT2D eigenvalue weighted by Gasteiger charge is 2.33. The number of hydrogen-bond donors (Lipinski definition) is 1. The Morgan fingerprint density at radius 3 is 2.66 bits per heavy atom. The zero-order chi connectivity index (χ0) is 27.2. The fourth-order valence-electron chi connectivity index (χ4n) is 4.69. The first-order valence-corrected chi connectivity index (χ1v) is 13.7. The van der Waals surface area contributed by atoms with Gasteiger partial charge in [0.05, 0.1) is 23.9 Å². The van der Waals surface area contributed by atoms with Gasteiger partial charge in [-0.15, -0.1) is 0 Å². The number of fused-ring (bicyclic) bond motifs is 2. The first-order valence-electron chi connectivity index (χ1n) is 11.5. The number of pyridine rings is 1. The smallest absolute Gasteiger partial charge is 0.407 e. The van der Waals surface area contributed by atoms with Gasteiger partial charge in [0.1, 0.15) is 17.0 Å². The van der Waals surface area contributed by atoms with Crippen LogP contribution in [0.25, 0.3) is 32.9 Å². The second-order valence-electron chi connectivity index (χ2n) is 8.87. The maximum Gasteiger partial charge on any atom is 0.407 e. The molecule has 2 aromatic heterocycles. The molecule has 0 bridgehead atoms. The number of nitrogens with zero attached hydrogens (tertiary/aromatic N) is 6. The van der Waals surface area contributed by atoms with Gasteiger partial charge >= 0.3 is 6.09 Å². The number of sulfone groups is 1. The van der Waals surface area contributed by atoms with Crippen molar-refractivity contribution in [3.8, 4) is 17.3 Å². The average Bonchev–Trinajstić information content (AvgIpc) is 2.88. The summed E-state index contributed by atoms with van der Waals surface area (Å²) in [5.41, 5.74) is 0.109. The summed E-state index contributed by atoms with van der Waals surface area (Å²) in [6, 6.07) is 11.8. The highest BCUT2D eigenvalue weighted by Crippen LogP contribution is 2.37. The van der Waals surface area contributed by atoms with E-state index >= 15 is 4.39 Å². The topological polar surface area (TPSA) is 140 Å². The normalized spacial score (nSPS) is 16.1. The molecule has 0 spiro atoms. The van der Waals surface area contributed by atoms with Crippen LogP contribution in [0.15, 0.2) is 47.8 Å². The predicted molar refractivity (Wildman–Crippen MR) is 139 cm³/mol. The fraction of sp³-hybridized carbons (Fsp3) is 0.240. The van der Waals surface area contributed by atoms with Gasteiger partial charge in [0, 0.05) is 48.1 Å². The molecule has 10 nitrogen and oxygen atoms in total. The molecule has 0 saturated carbocycles. The molecule has 1 saturated heterocycles. The van der Waals surface area contributed by atoms with Gasteiger partial charge in [-0.25, -0.2) is 27.6 Å². The number of halogens is 2. The third-order valence-electron chi connectivity index (χ3n) is 6.44. The molecular formula is C25H20ClFN6O4S. The predicted octanol–water partition coefficient (Wildman–Crippen LogP) is 4.12. The van der Waals surface area contributed by atoms with Crippen molar-refractivity contribution in [1.29, 1.82) is 5.26 Å². The van der Waals surface area contributed by atoms with E-state index in [1.54, 1.807) is 29.2 Å². The number of nitriles is 1. The second kappa shape index (κ2) is 9.66. The summed E-state index contributed by atoms with van der Waals surface area (Å²) in [7, 11) is -3.95. The van der Waals surface area contributed by atoms with Gasteiger partial charge in [-0.3, -0.25) is 4.98 Å². The molecule has 1 unspecified atom stereocenters. The third kappa shape index (κ3) is 4.44. The Kier molecular flexibility index (Phi) is 6.50. The molecular weight excluding hydrogens is 535 g/mol. The molecule has 194 valence electrons. The number of amides is 1. The summed E-state index contributed by atoms with van der Waals surface area (Å²) in [4.78, 5) is 27.1. The first kappa shape index (κ1) is 25.6. The molecule has 1 fully saturated rings. The minimum atomic E-state index is -3.95. The zero-order valence-corrected chi connectivity index (χ0v) is 21.5. The van der Waals surface area contributed by atoms with Crippen molar-refractivity contribution in [3.05, 3.63) is 53.4 Å². The molecule has 1 N–H and O–H groups in total. The highest BCUT2D eigenvalue weighted by molar-refractivity contribution is 7.90. The van der Waals surface area contributed by atoms with Crippen LogP contribution in [0.5, 0.6) is 0 Å². The Balaban J connectivity index is 1.72. The van der Waals surface area contributed by atoms with Crippen LogP contribution in [-0.2, 0) is 9.84 Å². The van der Waals surface area contributed by atoms with Crippen LogP contribution in [0, 0.1) is 17.1 Å². The van der Waals surface area contributed by atoms with Gasteiger partial charge in [0.25, 0.3) is 0 Å². The summed E-state index contributed by atoms with van der Waals surface area (Å²) in [5, 5.41) is 20.1. The highest BCUT2D eigenvalue weighted by atomic mass is 35.5. The van der Waals surface area contributed by atoms with E-state index in [0.717, 1.165) is 16.5 Å². The number of benzene rings is 2. The fourth-order valence-corrected chi connectivity index (χ4v) is 5.48. The standard InChI is InChI=1S/C25H20ClFN6O4S/c1-38(36,37)24-30-22-17(23(31-24)32-10-11-33(25(34)35)15(13-32)8-9-28)12-29-21(20(22)27)16-6-2-4-14-5-3-7-18(26)19(14)16/h2-7,12,15H,8,10-11,13H2,1H3,(H,34,35). The van der Waals surface area contributed by atoms with Gasteiger partial charge < -0.3 is 14.9 Å². The number of carbonyl (C=O) groups is 1. The number of aromatic nitrogens is 3. The maximum atomic E-state index is 16.2. The minimum Gasteiger partial charge on any atom is -0.465 e. The minimum absolute atomic E-state index is 0.0455. The largest absolute Gasteiger partial charge is 0.465 e. The van der Waals surface area contributed by atoms with E-state index in [1.807, 2.05) is 18.2 Å². The molecule has 4 aromatic rings. The number of rotatable bonds is 4. The molecule has 13 heteroatoms. The Morgan fingerprint density at radius 2 is 1.97 bits per heavy atom. The van der Waals surface area contributed by atoms with Crippen molar-refractivity contribution in [1.82, 2.24) is 19.9 Å². The second-order valence-corrected chi connectivity index (χ2v) is 11.2. The number of carboxylic acid groups (broad SMARTS) is 1. The summed E-state index contributed by atoms with van der Waals surface area (Å²) in [5.74, 6) is -0.751. The number of anilines is 1. The maximum absolute atomic E-state index is 16.2. The molecule has 1 atom stereocenters. The lowest BCUT2D eigenvalue weighted by Gasteiger charge is -2.39. The Morgan fingerprint density at radius 1 is 1.24 bits per heavy atom. The van der Waals surface area contributed by atoms with E-state index in [0.29, 0.717) is 16.0 Å². The van der Waals surface area contributed by atoms with E-state index in [-0.39, 0.29) is 48.5 Å². The quantitative estimate of drug-likeness (QED) is 0.369. The summed E-state index contributed by atoms with van der Waals surface area (Å²) >= 11 is 6.44. The Bertz CT molecular complexity index is 1760. The van der Waals surface area contributed by atoms with Crippen LogP contribution in [0.2, 0.25) is 5.02 Å². The van der Waals surface area contributed by atoms with E-state index in [1.165, 1.54) is 6.20 Å². The molecule has 2 aromatic carbocycles. The molecule has 1 aliphatic rings. The van der Waals surface area contributed by atoms with Crippen molar-refractivity contribution in [2.24, 2.45) is 0 Å². The molecule has 38 heavy (non-hydrogen) atoms. The molecule has 3 heterocycles.